The second-order valence-corrected chi connectivity index (χ2v) is 4.42. The summed E-state index contributed by atoms with van der Waals surface area (Å²) >= 11 is -0.931. The zero-order valence-electron chi connectivity index (χ0n) is 5.55. The van der Waals surface area contributed by atoms with Crippen LogP contribution in [0.25, 0.3) is 0 Å². The van der Waals surface area contributed by atoms with Gasteiger partial charge in [-0.2, -0.15) is 0 Å². The molecular formula is C5H11AsO3. The Bertz CT molecular complexity index is 94.2. The quantitative estimate of drug-likeness (QED) is 0.639. The molecule has 9 heavy (non-hydrogen) atoms. The van der Waals surface area contributed by atoms with E-state index >= 15 is 0 Å². The van der Waals surface area contributed by atoms with E-state index in [4.69, 9.17) is 5.11 Å². The van der Waals surface area contributed by atoms with Gasteiger partial charge in [-0.05, 0) is 0 Å². The first-order valence-corrected chi connectivity index (χ1v) is 4.99. The Labute approximate surface area is 61.1 Å². The van der Waals surface area contributed by atoms with Crippen LogP contribution in [0.2, 0.25) is 0 Å². The van der Waals surface area contributed by atoms with Gasteiger partial charge in [-0.3, -0.25) is 0 Å². The van der Waals surface area contributed by atoms with Crippen molar-refractivity contribution in [3.63, 3.8) is 0 Å². The predicted molar refractivity (Wildman–Crippen MR) is 35.9 cm³/mol. The van der Waals surface area contributed by atoms with Gasteiger partial charge in [0.2, 0.25) is 0 Å². The van der Waals surface area contributed by atoms with Gasteiger partial charge in [0.15, 0.2) is 0 Å². The predicted octanol–water partition coefficient (Wildman–Crippen LogP) is -0.0823. The Morgan fingerprint density at radius 3 is 2.78 bits per heavy atom. The Morgan fingerprint density at radius 2 is 2.44 bits per heavy atom. The summed E-state index contributed by atoms with van der Waals surface area (Å²) in [7, 11) is 1.34. The van der Waals surface area contributed by atoms with Crippen molar-refractivity contribution < 1.29 is 14.6 Å². The molecular weight excluding hydrogens is 183 g/mol. The van der Waals surface area contributed by atoms with E-state index in [-0.39, 0.29) is 4.76 Å². The Hall–Kier alpha value is -0.0116. The number of ether oxygens (including phenoxy) is 1. The molecule has 0 fully saturated rings. The number of aliphatic hydroxyl groups is 1. The third kappa shape index (κ3) is 4.49. The number of carbonyl (C=O) groups excluding carboxylic acids is 1. The summed E-state index contributed by atoms with van der Waals surface area (Å²) in [5.74, 6) is 0. The molecule has 0 bridgehead atoms. The minimum absolute atomic E-state index is 0.232. The second-order valence-electron chi connectivity index (χ2n) is 1.56. The summed E-state index contributed by atoms with van der Waals surface area (Å²) in [5.41, 5.74) is 0. The van der Waals surface area contributed by atoms with Crippen LogP contribution >= 0.6 is 0 Å². The molecule has 0 spiro atoms. The van der Waals surface area contributed by atoms with Gasteiger partial charge in [0.05, 0.1) is 0 Å². The van der Waals surface area contributed by atoms with Crippen molar-refractivity contribution in [2.75, 3.05) is 7.11 Å². The topological polar surface area (TPSA) is 46.5 Å². The molecule has 0 aromatic rings. The van der Waals surface area contributed by atoms with Gasteiger partial charge in [0.1, 0.15) is 0 Å². The molecule has 3 nitrogen and oxygen atoms in total. The molecule has 0 aromatic carbocycles. The van der Waals surface area contributed by atoms with Crippen LogP contribution in [0.3, 0.4) is 0 Å². The third-order valence-electron chi connectivity index (χ3n) is 0.857. The van der Waals surface area contributed by atoms with Crippen LogP contribution in [-0.4, -0.2) is 37.6 Å². The minimum atomic E-state index is -0.931. The average Bonchev–Trinajstić information content (AvgIpc) is 1.87. The van der Waals surface area contributed by atoms with Crippen LogP contribution in [-0.2, 0) is 4.74 Å². The molecule has 0 amide bonds. The van der Waals surface area contributed by atoms with Gasteiger partial charge in [-0.1, -0.05) is 0 Å². The zero-order chi connectivity index (χ0) is 7.28. The summed E-state index contributed by atoms with van der Waals surface area (Å²) < 4.78 is 4.15. The van der Waals surface area contributed by atoms with Gasteiger partial charge >= 0.3 is 60.5 Å². The van der Waals surface area contributed by atoms with Crippen molar-refractivity contribution in [2.24, 2.45) is 0 Å². The Morgan fingerprint density at radius 1 is 1.89 bits per heavy atom. The molecule has 0 heterocycles. The van der Waals surface area contributed by atoms with Gasteiger partial charge in [-0.25, -0.2) is 0 Å². The fraction of sp³-hybridized carbons (Fsp3) is 0.800. The first-order valence-electron chi connectivity index (χ1n) is 2.73. The van der Waals surface area contributed by atoms with E-state index in [2.05, 4.69) is 4.74 Å². The fourth-order valence-electron chi connectivity index (χ4n) is 0.297. The van der Waals surface area contributed by atoms with Crippen molar-refractivity contribution in [3.8, 4) is 0 Å². The van der Waals surface area contributed by atoms with Gasteiger partial charge in [-0.15, -0.1) is 0 Å². The SMILES string of the molecule is CCC(O)[AsH]C(=O)OC. The number of methoxy groups -OCH3 is 1. The summed E-state index contributed by atoms with van der Waals surface area (Å²) in [6, 6.07) is 0. The maximum atomic E-state index is 10.5. The van der Waals surface area contributed by atoms with Crippen LogP contribution in [0.1, 0.15) is 13.3 Å². The van der Waals surface area contributed by atoms with E-state index in [1.807, 2.05) is 6.92 Å². The molecule has 0 aliphatic heterocycles. The number of hydrogen-bond acceptors (Lipinski definition) is 3. The molecule has 0 radical (unpaired) electrons. The average molecular weight is 194 g/mol. The molecule has 0 aliphatic rings. The van der Waals surface area contributed by atoms with Gasteiger partial charge in [0.25, 0.3) is 0 Å². The van der Waals surface area contributed by atoms with Gasteiger partial charge in [0, 0.05) is 0 Å². The van der Waals surface area contributed by atoms with Crippen molar-refractivity contribution >= 4 is 20.5 Å². The number of rotatable bonds is 3. The number of carbonyl (C=O) groups is 1. The number of aliphatic hydroxyl groups excluding tert-OH is 1. The molecule has 2 atom stereocenters. The fourth-order valence-corrected chi connectivity index (χ4v) is 1.54. The van der Waals surface area contributed by atoms with Crippen LogP contribution in [0, 0.1) is 0 Å². The van der Waals surface area contributed by atoms with E-state index in [9.17, 15) is 4.79 Å². The van der Waals surface area contributed by atoms with E-state index in [1.54, 1.807) is 0 Å². The number of hydrogen-bond donors (Lipinski definition) is 1. The van der Waals surface area contributed by atoms with Crippen molar-refractivity contribution in [1.29, 1.82) is 0 Å². The van der Waals surface area contributed by atoms with Gasteiger partial charge < -0.3 is 0 Å². The van der Waals surface area contributed by atoms with Crippen molar-refractivity contribution in [3.05, 3.63) is 0 Å². The normalized spacial score (nSPS) is 14.1. The molecule has 0 aromatic heterocycles. The van der Waals surface area contributed by atoms with E-state index in [0.717, 1.165) is 0 Å². The molecule has 0 saturated heterocycles. The molecule has 0 saturated carbocycles. The summed E-state index contributed by atoms with van der Waals surface area (Å²) in [4.78, 5) is 10.0. The van der Waals surface area contributed by atoms with E-state index in [1.165, 1.54) is 7.11 Å². The second kappa shape index (κ2) is 4.83. The molecule has 2 unspecified atom stereocenters. The van der Waals surface area contributed by atoms with Crippen molar-refractivity contribution in [2.45, 2.75) is 18.2 Å². The van der Waals surface area contributed by atoms with Crippen LogP contribution < -0.4 is 0 Å². The van der Waals surface area contributed by atoms with Crippen molar-refractivity contribution in [1.82, 2.24) is 0 Å². The Balaban J connectivity index is 3.34. The molecule has 1 N–H and O–H groups in total. The van der Waals surface area contributed by atoms with E-state index < -0.39 is 20.6 Å². The summed E-state index contributed by atoms with van der Waals surface area (Å²) in [6.07, 6.45) is 0.648. The molecule has 0 aliphatic carbocycles. The van der Waals surface area contributed by atoms with Crippen LogP contribution in [0.4, 0.5) is 4.79 Å². The molecule has 54 valence electrons. The molecule has 0 rings (SSSR count). The monoisotopic (exact) mass is 194 g/mol. The summed E-state index contributed by atoms with van der Waals surface area (Å²) in [5, 5.41) is 8.91. The maximum absolute atomic E-state index is 10.5. The zero-order valence-corrected chi connectivity index (χ0v) is 7.65. The summed E-state index contributed by atoms with van der Waals surface area (Å²) in [6.45, 7) is 1.84. The first-order chi connectivity index (χ1) is 4.20. The van der Waals surface area contributed by atoms with Crippen LogP contribution in [0.5, 0.6) is 0 Å². The third-order valence-corrected chi connectivity index (χ3v) is 3.34. The van der Waals surface area contributed by atoms with E-state index in [0.29, 0.717) is 6.42 Å². The standard InChI is InChI=1S/C5H11AsO3/c1-3-4(7)6-5(8)9-2/h4,6-7H,3H2,1-2H3. The first kappa shape index (κ1) is 8.99. The van der Waals surface area contributed by atoms with Crippen LogP contribution in [0.15, 0.2) is 0 Å². The molecule has 4 heteroatoms. The Kier molecular flexibility index (Phi) is 4.82.